The lowest BCUT2D eigenvalue weighted by Crippen LogP contribution is -1.95. The molecule has 0 atom stereocenters. The number of nitrogens with zero attached hydrogens (tertiary/aromatic N) is 4. The smallest absolute Gasteiger partial charge is 0.269 e. The summed E-state index contributed by atoms with van der Waals surface area (Å²) in [5.74, 6) is 0.655. The van der Waals surface area contributed by atoms with Crippen molar-refractivity contribution in [2.75, 3.05) is 0 Å². The van der Waals surface area contributed by atoms with Crippen LogP contribution in [0.5, 0.6) is 0 Å². The molecule has 6 nitrogen and oxygen atoms in total. The van der Waals surface area contributed by atoms with Crippen molar-refractivity contribution in [1.82, 2.24) is 14.4 Å². The molecule has 0 unspecified atom stereocenters. The first-order chi connectivity index (χ1) is 9.63. The quantitative estimate of drug-likeness (QED) is 0.540. The average Bonchev–Trinajstić information content (AvgIpc) is 2.83. The molecule has 0 aliphatic heterocycles. The van der Waals surface area contributed by atoms with Crippen molar-refractivity contribution in [1.29, 1.82) is 0 Å². The van der Waals surface area contributed by atoms with Gasteiger partial charge in [0, 0.05) is 37.1 Å². The van der Waals surface area contributed by atoms with E-state index >= 15 is 0 Å². The molecule has 100 valence electrons. The molecule has 2 aromatic heterocycles. The average molecular weight is 268 g/mol. The number of rotatable bonds is 3. The van der Waals surface area contributed by atoms with Crippen LogP contribution in [0.4, 0.5) is 5.69 Å². The lowest BCUT2D eigenvalue weighted by Gasteiger charge is -2.03. The summed E-state index contributed by atoms with van der Waals surface area (Å²) in [6.45, 7) is 1.87. The van der Waals surface area contributed by atoms with Crippen LogP contribution in [-0.4, -0.2) is 19.3 Å². The third kappa shape index (κ3) is 2.23. The maximum Gasteiger partial charge on any atom is 0.269 e. The van der Waals surface area contributed by atoms with E-state index in [1.807, 2.05) is 29.8 Å². The molecule has 3 aromatic rings. The molecule has 0 saturated heterocycles. The number of benzene rings is 1. The van der Waals surface area contributed by atoms with Crippen molar-refractivity contribution in [2.24, 2.45) is 0 Å². The summed E-state index contributed by atoms with van der Waals surface area (Å²) < 4.78 is 1.86. The molecule has 2 heterocycles. The van der Waals surface area contributed by atoms with E-state index in [9.17, 15) is 10.1 Å². The van der Waals surface area contributed by atoms with Gasteiger partial charge in [-0.15, -0.1) is 0 Å². The molecule has 0 saturated carbocycles. The van der Waals surface area contributed by atoms with Crippen LogP contribution >= 0.6 is 0 Å². The van der Waals surface area contributed by atoms with Crippen LogP contribution in [0.15, 0.2) is 42.9 Å². The van der Waals surface area contributed by atoms with Gasteiger partial charge in [0.15, 0.2) is 0 Å². The fraction of sp³-hybridized carbons (Fsp3) is 0.143. The third-order valence-corrected chi connectivity index (χ3v) is 3.19. The SMILES string of the molecule is Cc1cc([N+](=O)[O-])ccc1Cc1cn2cccnc2n1. The lowest BCUT2D eigenvalue weighted by molar-refractivity contribution is -0.384. The summed E-state index contributed by atoms with van der Waals surface area (Å²) in [6.07, 6.45) is 6.14. The number of hydrogen-bond acceptors (Lipinski definition) is 4. The van der Waals surface area contributed by atoms with Crippen molar-refractivity contribution >= 4 is 11.5 Å². The zero-order valence-electron chi connectivity index (χ0n) is 10.9. The van der Waals surface area contributed by atoms with Gasteiger partial charge in [0.05, 0.1) is 10.6 Å². The van der Waals surface area contributed by atoms with Crippen molar-refractivity contribution in [3.8, 4) is 0 Å². The standard InChI is InChI=1S/C14H12N4O2/c1-10-7-13(18(19)20)4-3-11(10)8-12-9-17-6-2-5-15-14(17)16-12/h2-7,9H,8H2,1H3. The number of imidazole rings is 1. The fourth-order valence-corrected chi connectivity index (χ4v) is 2.15. The summed E-state index contributed by atoms with van der Waals surface area (Å²) in [6, 6.07) is 6.74. The molecular formula is C14H12N4O2. The van der Waals surface area contributed by atoms with Crippen molar-refractivity contribution in [3.05, 3.63) is 69.8 Å². The molecule has 0 amide bonds. The summed E-state index contributed by atoms with van der Waals surface area (Å²) in [5.41, 5.74) is 2.92. The van der Waals surface area contributed by atoms with Gasteiger partial charge in [0.25, 0.3) is 5.69 Å². The second kappa shape index (κ2) is 4.73. The van der Waals surface area contributed by atoms with Crippen LogP contribution in [-0.2, 0) is 6.42 Å². The van der Waals surface area contributed by atoms with Crippen LogP contribution in [0.1, 0.15) is 16.8 Å². The first-order valence-corrected chi connectivity index (χ1v) is 6.16. The number of nitro groups is 1. The predicted molar refractivity (Wildman–Crippen MR) is 73.6 cm³/mol. The van der Waals surface area contributed by atoms with E-state index in [0.717, 1.165) is 16.8 Å². The number of aryl methyl sites for hydroxylation is 1. The number of hydrogen-bond donors (Lipinski definition) is 0. The normalized spacial score (nSPS) is 10.8. The molecule has 0 aliphatic rings. The maximum absolute atomic E-state index is 10.7. The van der Waals surface area contributed by atoms with E-state index in [-0.39, 0.29) is 10.6 Å². The molecule has 3 rings (SSSR count). The zero-order chi connectivity index (χ0) is 14.1. The van der Waals surface area contributed by atoms with Gasteiger partial charge < -0.3 is 0 Å². The van der Waals surface area contributed by atoms with Gasteiger partial charge in [-0.3, -0.25) is 14.5 Å². The zero-order valence-corrected chi connectivity index (χ0v) is 10.9. The van der Waals surface area contributed by atoms with Crippen LogP contribution in [0, 0.1) is 17.0 Å². The number of aromatic nitrogens is 3. The molecule has 20 heavy (non-hydrogen) atoms. The monoisotopic (exact) mass is 268 g/mol. The fourth-order valence-electron chi connectivity index (χ4n) is 2.15. The number of non-ortho nitro benzene ring substituents is 1. The second-order valence-corrected chi connectivity index (χ2v) is 4.60. The van der Waals surface area contributed by atoms with Crippen LogP contribution < -0.4 is 0 Å². The predicted octanol–water partition coefficient (Wildman–Crippen LogP) is 2.54. The molecule has 1 aromatic carbocycles. The van der Waals surface area contributed by atoms with Gasteiger partial charge >= 0.3 is 0 Å². The third-order valence-electron chi connectivity index (χ3n) is 3.19. The first kappa shape index (κ1) is 12.3. The summed E-state index contributed by atoms with van der Waals surface area (Å²) in [4.78, 5) is 18.9. The Labute approximate surface area is 114 Å². The minimum Gasteiger partial charge on any atom is -0.291 e. The van der Waals surface area contributed by atoms with E-state index in [2.05, 4.69) is 9.97 Å². The molecule has 0 fully saturated rings. The Hall–Kier alpha value is -2.76. The summed E-state index contributed by atoms with van der Waals surface area (Å²) >= 11 is 0. The highest BCUT2D eigenvalue weighted by Gasteiger charge is 2.10. The maximum atomic E-state index is 10.7. The van der Waals surface area contributed by atoms with Gasteiger partial charge in [0.1, 0.15) is 0 Å². The Morgan fingerprint density at radius 1 is 1.40 bits per heavy atom. The van der Waals surface area contributed by atoms with Crippen molar-refractivity contribution in [3.63, 3.8) is 0 Å². The van der Waals surface area contributed by atoms with Crippen LogP contribution in [0.3, 0.4) is 0 Å². The lowest BCUT2D eigenvalue weighted by atomic mass is 10.0. The highest BCUT2D eigenvalue weighted by Crippen LogP contribution is 2.19. The summed E-state index contributed by atoms with van der Waals surface area (Å²) in [7, 11) is 0. The number of nitro benzene ring substituents is 1. The molecule has 0 N–H and O–H groups in total. The minimum absolute atomic E-state index is 0.114. The van der Waals surface area contributed by atoms with Gasteiger partial charge in [-0.25, -0.2) is 9.97 Å². The van der Waals surface area contributed by atoms with Crippen molar-refractivity contribution < 1.29 is 4.92 Å². The molecule has 6 heteroatoms. The second-order valence-electron chi connectivity index (χ2n) is 4.60. The van der Waals surface area contributed by atoms with E-state index in [1.165, 1.54) is 6.07 Å². The van der Waals surface area contributed by atoms with Crippen LogP contribution in [0.2, 0.25) is 0 Å². The van der Waals surface area contributed by atoms with E-state index in [1.54, 1.807) is 18.3 Å². The number of fused-ring (bicyclic) bond motifs is 1. The Kier molecular flexibility index (Phi) is 2.90. The van der Waals surface area contributed by atoms with Gasteiger partial charge in [-0.2, -0.15) is 0 Å². The Balaban J connectivity index is 1.92. The molecule has 0 spiro atoms. The van der Waals surface area contributed by atoms with Gasteiger partial charge in [-0.05, 0) is 24.1 Å². The van der Waals surface area contributed by atoms with E-state index in [4.69, 9.17) is 0 Å². The topological polar surface area (TPSA) is 73.3 Å². The minimum atomic E-state index is -0.383. The molecule has 0 radical (unpaired) electrons. The van der Waals surface area contributed by atoms with E-state index in [0.29, 0.717) is 12.2 Å². The highest BCUT2D eigenvalue weighted by molar-refractivity contribution is 5.41. The Bertz CT molecular complexity index is 762. The summed E-state index contributed by atoms with van der Waals surface area (Å²) in [5, 5.41) is 10.7. The van der Waals surface area contributed by atoms with E-state index < -0.39 is 0 Å². The largest absolute Gasteiger partial charge is 0.291 e. The molecule has 0 aliphatic carbocycles. The Morgan fingerprint density at radius 3 is 2.95 bits per heavy atom. The van der Waals surface area contributed by atoms with Gasteiger partial charge in [-0.1, -0.05) is 6.07 Å². The highest BCUT2D eigenvalue weighted by atomic mass is 16.6. The van der Waals surface area contributed by atoms with Crippen molar-refractivity contribution in [2.45, 2.75) is 13.3 Å². The molecule has 0 bridgehead atoms. The first-order valence-electron chi connectivity index (χ1n) is 6.16. The van der Waals surface area contributed by atoms with Gasteiger partial charge in [0.2, 0.25) is 5.78 Å². The Morgan fingerprint density at radius 2 is 2.25 bits per heavy atom. The van der Waals surface area contributed by atoms with Crippen LogP contribution in [0.25, 0.3) is 5.78 Å². The molecular weight excluding hydrogens is 256 g/mol.